The van der Waals surface area contributed by atoms with E-state index in [0.29, 0.717) is 21.9 Å². The predicted molar refractivity (Wildman–Crippen MR) is 80.0 cm³/mol. The summed E-state index contributed by atoms with van der Waals surface area (Å²) in [6, 6.07) is 12.9. The third kappa shape index (κ3) is 2.05. The van der Waals surface area contributed by atoms with Crippen LogP contribution in [0.2, 0.25) is 0 Å². The highest BCUT2D eigenvalue weighted by molar-refractivity contribution is 14.1. The Morgan fingerprint density at radius 1 is 0.941 bits per heavy atom. The van der Waals surface area contributed by atoms with Crippen LogP contribution in [0.5, 0.6) is 0 Å². The zero-order valence-electron chi connectivity index (χ0n) is 8.64. The van der Waals surface area contributed by atoms with E-state index in [1.165, 1.54) is 0 Å². The summed E-state index contributed by atoms with van der Waals surface area (Å²) in [5.74, 6) is 0. The lowest BCUT2D eigenvalue weighted by atomic mass is 10.1. The Morgan fingerprint density at radius 2 is 1.65 bits per heavy atom. The highest BCUT2D eigenvalue weighted by Crippen LogP contribution is 2.19. The fraction of sp³-hybridized carbons (Fsp3) is 0. The monoisotopic (exact) mass is 358 g/mol. The van der Waals surface area contributed by atoms with Crippen molar-refractivity contribution in [3.8, 4) is 0 Å². The Hall–Kier alpha value is -1.07. The van der Waals surface area contributed by atoms with E-state index in [1.54, 1.807) is 6.07 Å². The molecule has 0 saturated heterocycles. The van der Waals surface area contributed by atoms with E-state index >= 15 is 0 Å². The van der Waals surface area contributed by atoms with Gasteiger partial charge in [0, 0.05) is 3.57 Å². The Labute approximate surface area is 117 Å². The Balaban J connectivity index is 0.00000108. The molecule has 0 radical (unpaired) electrons. The molecule has 0 aliphatic heterocycles. The summed E-state index contributed by atoms with van der Waals surface area (Å²) in [5, 5.41) is 1.28. The predicted octanol–water partition coefficient (Wildman–Crippen LogP) is 3.97. The number of hydrogen-bond acceptors (Lipinski definition) is 2. The molecule has 2 aromatic carbocycles. The molecule has 2 nitrogen and oxygen atoms in total. The van der Waals surface area contributed by atoms with Crippen molar-refractivity contribution < 1.29 is 4.42 Å². The molecule has 0 bridgehead atoms. The van der Waals surface area contributed by atoms with Crippen molar-refractivity contribution in [2.24, 2.45) is 0 Å². The standard InChI is InChI=1S/C13H7IO2.ClH/c14-8-5-6-12-10(7-8)13(15)9-3-1-2-4-11(9)16-12;/h1-7H;1H. The molecule has 1 aromatic heterocycles. The molecule has 1 heterocycles. The van der Waals surface area contributed by atoms with Crippen molar-refractivity contribution in [3.05, 3.63) is 56.3 Å². The second-order valence-corrected chi connectivity index (χ2v) is 4.81. The number of benzene rings is 2. The lowest BCUT2D eigenvalue weighted by molar-refractivity contribution is 0.660. The summed E-state index contributed by atoms with van der Waals surface area (Å²) in [5.41, 5.74) is 1.32. The van der Waals surface area contributed by atoms with E-state index in [4.69, 9.17) is 4.42 Å². The average Bonchev–Trinajstić information content (AvgIpc) is 2.31. The molecule has 0 aliphatic carbocycles. The highest BCUT2D eigenvalue weighted by Gasteiger charge is 2.06. The Bertz CT molecular complexity index is 749. The zero-order valence-corrected chi connectivity index (χ0v) is 11.6. The van der Waals surface area contributed by atoms with Gasteiger partial charge in [-0.15, -0.1) is 12.4 Å². The molecule has 17 heavy (non-hydrogen) atoms. The molecule has 0 spiro atoms. The first-order chi connectivity index (χ1) is 7.75. The molecule has 0 atom stereocenters. The third-order valence-corrected chi connectivity index (χ3v) is 3.21. The van der Waals surface area contributed by atoms with Crippen LogP contribution in [0.1, 0.15) is 0 Å². The van der Waals surface area contributed by atoms with Crippen molar-refractivity contribution in [3.63, 3.8) is 0 Å². The van der Waals surface area contributed by atoms with Crippen molar-refractivity contribution in [2.45, 2.75) is 0 Å². The van der Waals surface area contributed by atoms with E-state index in [9.17, 15) is 4.79 Å². The second-order valence-electron chi connectivity index (χ2n) is 3.57. The molecule has 0 aliphatic rings. The second kappa shape index (κ2) is 4.66. The van der Waals surface area contributed by atoms with Crippen molar-refractivity contribution >= 4 is 56.9 Å². The van der Waals surface area contributed by atoms with Gasteiger partial charge in [0.15, 0.2) is 0 Å². The first-order valence-corrected chi connectivity index (χ1v) is 5.95. The van der Waals surface area contributed by atoms with Crippen LogP contribution < -0.4 is 5.43 Å². The van der Waals surface area contributed by atoms with Gasteiger partial charge >= 0.3 is 0 Å². The van der Waals surface area contributed by atoms with Crippen LogP contribution in [0, 0.1) is 3.57 Å². The lowest BCUT2D eigenvalue weighted by Crippen LogP contribution is -2.01. The lowest BCUT2D eigenvalue weighted by Gasteiger charge is -2.00. The maximum absolute atomic E-state index is 12.2. The van der Waals surface area contributed by atoms with Gasteiger partial charge in [0.25, 0.3) is 0 Å². The smallest absolute Gasteiger partial charge is 0.200 e. The number of hydrogen-bond donors (Lipinski definition) is 0. The van der Waals surface area contributed by atoms with Crippen LogP contribution in [0.4, 0.5) is 0 Å². The first kappa shape index (κ1) is 12.4. The van der Waals surface area contributed by atoms with Gasteiger partial charge in [0.2, 0.25) is 5.43 Å². The third-order valence-electron chi connectivity index (χ3n) is 2.54. The van der Waals surface area contributed by atoms with Crippen molar-refractivity contribution in [2.75, 3.05) is 0 Å². The van der Waals surface area contributed by atoms with Gasteiger partial charge in [0.05, 0.1) is 10.8 Å². The van der Waals surface area contributed by atoms with Gasteiger partial charge in [-0.25, -0.2) is 0 Å². The van der Waals surface area contributed by atoms with E-state index in [2.05, 4.69) is 22.6 Å². The highest BCUT2D eigenvalue weighted by atomic mass is 127. The van der Waals surface area contributed by atoms with Gasteiger partial charge < -0.3 is 4.42 Å². The molecular weight excluding hydrogens is 350 g/mol. The van der Waals surface area contributed by atoms with Crippen LogP contribution in [-0.2, 0) is 0 Å². The van der Waals surface area contributed by atoms with Gasteiger partial charge in [-0.05, 0) is 52.9 Å². The summed E-state index contributed by atoms with van der Waals surface area (Å²) in [4.78, 5) is 12.2. The summed E-state index contributed by atoms with van der Waals surface area (Å²) >= 11 is 2.19. The molecule has 0 unspecified atom stereocenters. The van der Waals surface area contributed by atoms with E-state index in [0.717, 1.165) is 3.57 Å². The van der Waals surface area contributed by atoms with Crippen LogP contribution in [-0.4, -0.2) is 0 Å². The van der Waals surface area contributed by atoms with Gasteiger partial charge in [-0.2, -0.15) is 0 Å². The first-order valence-electron chi connectivity index (χ1n) is 4.87. The molecule has 86 valence electrons. The maximum Gasteiger partial charge on any atom is 0.200 e. The normalized spacial score (nSPS) is 10.4. The molecule has 3 aromatic rings. The number of para-hydroxylation sites is 1. The SMILES string of the molecule is Cl.O=c1c2ccccc2oc2ccc(I)cc12. The largest absolute Gasteiger partial charge is 0.456 e. The van der Waals surface area contributed by atoms with E-state index < -0.39 is 0 Å². The van der Waals surface area contributed by atoms with Crippen LogP contribution in [0.3, 0.4) is 0 Å². The maximum atomic E-state index is 12.2. The van der Waals surface area contributed by atoms with E-state index in [1.807, 2.05) is 36.4 Å². The summed E-state index contributed by atoms with van der Waals surface area (Å²) in [6.07, 6.45) is 0. The van der Waals surface area contributed by atoms with Crippen molar-refractivity contribution in [1.82, 2.24) is 0 Å². The van der Waals surface area contributed by atoms with Gasteiger partial charge in [-0.1, -0.05) is 12.1 Å². The summed E-state index contributed by atoms with van der Waals surface area (Å²) in [6.45, 7) is 0. The number of fused-ring (bicyclic) bond motifs is 2. The van der Waals surface area contributed by atoms with Crippen LogP contribution in [0.25, 0.3) is 21.9 Å². The molecule has 0 N–H and O–H groups in total. The van der Waals surface area contributed by atoms with E-state index in [-0.39, 0.29) is 17.8 Å². The molecular formula is C13H8ClIO2. The van der Waals surface area contributed by atoms with Gasteiger partial charge in [0.1, 0.15) is 11.2 Å². The average molecular weight is 359 g/mol. The molecule has 0 amide bonds. The van der Waals surface area contributed by atoms with Gasteiger partial charge in [-0.3, -0.25) is 4.79 Å². The summed E-state index contributed by atoms with van der Waals surface area (Å²) < 4.78 is 6.71. The quantitative estimate of drug-likeness (QED) is 0.449. The van der Waals surface area contributed by atoms with Crippen molar-refractivity contribution in [1.29, 1.82) is 0 Å². The zero-order chi connectivity index (χ0) is 11.1. The molecule has 0 fully saturated rings. The molecule has 4 heteroatoms. The topological polar surface area (TPSA) is 30.2 Å². The molecule has 3 rings (SSSR count). The summed E-state index contributed by atoms with van der Waals surface area (Å²) in [7, 11) is 0. The Kier molecular flexibility index (Phi) is 3.40. The fourth-order valence-corrected chi connectivity index (χ4v) is 2.27. The minimum absolute atomic E-state index is 0. The Morgan fingerprint density at radius 3 is 2.47 bits per heavy atom. The van der Waals surface area contributed by atoms with Crippen LogP contribution in [0.15, 0.2) is 51.7 Å². The molecule has 0 saturated carbocycles. The minimum Gasteiger partial charge on any atom is -0.456 e. The number of rotatable bonds is 0. The minimum atomic E-state index is 0. The fourth-order valence-electron chi connectivity index (χ4n) is 1.78. The number of halogens is 2. The van der Waals surface area contributed by atoms with Crippen LogP contribution >= 0.6 is 35.0 Å².